The Kier molecular flexibility index (Phi) is 6.87. The van der Waals surface area contributed by atoms with E-state index in [2.05, 4.69) is 32.9 Å². The Bertz CT molecular complexity index is 700. The van der Waals surface area contributed by atoms with Gasteiger partial charge in [0.15, 0.2) is 0 Å². The van der Waals surface area contributed by atoms with Crippen LogP contribution in [-0.2, 0) is 0 Å². The van der Waals surface area contributed by atoms with E-state index in [1.165, 1.54) is 0 Å². The number of rotatable bonds is 7. The van der Waals surface area contributed by atoms with E-state index < -0.39 is 0 Å². The topological polar surface area (TPSA) is 78.5 Å². The van der Waals surface area contributed by atoms with Crippen molar-refractivity contribution in [3.8, 4) is 5.75 Å². The molecule has 0 aliphatic carbocycles. The molecule has 1 aliphatic rings. The molecule has 1 aliphatic heterocycles. The van der Waals surface area contributed by atoms with Crippen LogP contribution in [0, 0.1) is 0 Å². The molecule has 2 amide bonds. The Morgan fingerprint density at radius 1 is 1.15 bits per heavy atom. The fraction of sp³-hybridized carbons (Fsp3) is 0.400. The molecule has 3 N–H and O–H groups in total. The number of nitrogens with zero attached hydrogens (tertiary/aromatic N) is 2. The molecule has 2 heterocycles. The second-order valence-electron chi connectivity index (χ2n) is 6.69. The van der Waals surface area contributed by atoms with Crippen molar-refractivity contribution in [3.63, 3.8) is 0 Å². The molecule has 0 atom stereocenters. The molecule has 1 saturated heterocycles. The van der Waals surface area contributed by atoms with Gasteiger partial charge >= 0.3 is 6.03 Å². The van der Waals surface area contributed by atoms with Crippen molar-refractivity contribution in [2.75, 3.05) is 43.9 Å². The largest absolute Gasteiger partial charge is 0.490 e. The normalized spacial score (nSPS) is 15.1. The lowest BCUT2D eigenvalue weighted by molar-refractivity contribution is 0.114. The van der Waals surface area contributed by atoms with Crippen molar-refractivity contribution in [2.24, 2.45) is 0 Å². The summed E-state index contributed by atoms with van der Waals surface area (Å²) in [6.07, 6.45) is 5.84. The molecule has 3 rings (SSSR count). The SMILES string of the molecule is CN1CCC(Oc2ccc(NC(=O)NCCNc3cccnc3)cc2)CC1. The molecule has 2 aromatic rings. The van der Waals surface area contributed by atoms with Crippen molar-refractivity contribution in [1.29, 1.82) is 0 Å². The zero-order valence-corrected chi connectivity index (χ0v) is 15.6. The highest BCUT2D eigenvalue weighted by atomic mass is 16.5. The standard InChI is InChI=1S/C20H27N5O2/c1-25-13-8-19(9-14-25)27-18-6-4-16(5-7-18)24-20(26)23-12-11-22-17-3-2-10-21-15-17/h2-7,10,15,19,22H,8-9,11-14H2,1H3,(H2,23,24,26). The Morgan fingerprint density at radius 3 is 2.63 bits per heavy atom. The third-order valence-corrected chi connectivity index (χ3v) is 4.48. The van der Waals surface area contributed by atoms with Crippen molar-refractivity contribution < 1.29 is 9.53 Å². The van der Waals surface area contributed by atoms with Crippen LogP contribution in [0.4, 0.5) is 16.2 Å². The van der Waals surface area contributed by atoms with Crippen molar-refractivity contribution in [1.82, 2.24) is 15.2 Å². The van der Waals surface area contributed by atoms with Gasteiger partial charge in [0, 0.05) is 44.3 Å². The van der Waals surface area contributed by atoms with Crippen LogP contribution in [0.5, 0.6) is 5.75 Å². The minimum Gasteiger partial charge on any atom is -0.490 e. The first kappa shape index (κ1) is 19.0. The van der Waals surface area contributed by atoms with Gasteiger partial charge in [-0.3, -0.25) is 4.98 Å². The highest BCUT2D eigenvalue weighted by Crippen LogP contribution is 2.20. The first-order valence-corrected chi connectivity index (χ1v) is 9.33. The zero-order chi connectivity index (χ0) is 18.9. The van der Waals surface area contributed by atoms with E-state index in [4.69, 9.17) is 4.74 Å². The number of ether oxygens (including phenoxy) is 1. The predicted molar refractivity (Wildman–Crippen MR) is 107 cm³/mol. The van der Waals surface area contributed by atoms with Gasteiger partial charge in [0.2, 0.25) is 0 Å². The molecular weight excluding hydrogens is 342 g/mol. The van der Waals surface area contributed by atoms with Gasteiger partial charge in [-0.05, 0) is 56.3 Å². The smallest absolute Gasteiger partial charge is 0.319 e. The van der Waals surface area contributed by atoms with Crippen LogP contribution < -0.4 is 20.7 Å². The van der Waals surface area contributed by atoms with Gasteiger partial charge in [0.25, 0.3) is 0 Å². The summed E-state index contributed by atoms with van der Waals surface area (Å²) >= 11 is 0. The maximum Gasteiger partial charge on any atom is 0.319 e. The lowest BCUT2D eigenvalue weighted by atomic mass is 10.1. The maximum atomic E-state index is 12.0. The quantitative estimate of drug-likeness (QED) is 0.654. The van der Waals surface area contributed by atoms with Crippen molar-refractivity contribution in [3.05, 3.63) is 48.8 Å². The summed E-state index contributed by atoms with van der Waals surface area (Å²) in [5, 5.41) is 8.83. The van der Waals surface area contributed by atoms with Crippen LogP contribution in [0.1, 0.15) is 12.8 Å². The van der Waals surface area contributed by atoms with E-state index in [9.17, 15) is 4.79 Å². The third-order valence-electron chi connectivity index (χ3n) is 4.48. The number of carbonyl (C=O) groups excluding carboxylic acids is 1. The number of benzene rings is 1. The van der Waals surface area contributed by atoms with Crippen LogP contribution in [0.3, 0.4) is 0 Å². The number of carbonyl (C=O) groups is 1. The molecular formula is C20H27N5O2. The number of hydrogen-bond donors (Lipinski definition) is 3. The first-order chi connectivity index (χ1) is 13.2. The summed E-state index contributed by atoms with van der Waals surface area (Å²) < 4.78 is 6.02. The number of aromatic nitrogens is 1. The molecule has 27 heavy (non-hydrogen) atoms. The monoisotopic (exact) mass is 369 g/mol. The van der Waals surface area contributed by atoms with E-state index in [0.717, 1.165) is 43.1 Å². The van der Waals surface area contributed by atoms with Gasteiger partial charge in [-0.15, -0.1) is 0 Å². The number of piperidine rings is 1. The molecule has 0 saturated carbocycles. The summed E-state index contributed by atoms with van der Waals surface area (Å²) in [6.45, 7) is 3.28. The fourth-order valence-electron chi connectivity index (χ4n) is 2.94. The average Bonchev–Trinajstić information content (AvgIpc) is 2.69. The number of pyridine rings is 1. The van der Waals surface area contributed by atoms with E-state index in [0.29, 0.717) is 13.1 Å². The Morgan fingerprint density at radius 2 is 1.93 bits per heavy atom. The van der Waals surface area contributed by atoms with Gasteiger partial charge in [-0.2, -0.15) is 0 Å². The summed E-state index contributed by atoms with van der Waals surface area (Å²) in [4.78, 5) is 18.3. The van der Waals surface area contributed by atoms with E-state index in [1.54, 1.807) is 12.4 Å². The highest BCUT2D eigenvalue weighted by Gasteiger charge is 2.17. The molecule has 7 heteroatoms. The molecule has 0 unspecified atom stereocenters. The average molecular weight is 369 g/mol. The molecule has 1 fully saturated rings. The number of likely N-dealkylation sites (tertiary alicyclic amines) is 1. The Hall–Kier alpha value is -2.80. The molecule has 1 aromatic carbocycles. The number of amides is 2. The van der Waals surface area contributed by atoms with Crippen LogP contribution in [0.15, 0.2) is 48.8 Å². The number of nitrogens with one attached hydrogen (secondary N) is 3. The zero-order valence-electron chi connectivity index (χ0n) is 15.6. The summed E-state index contributed by atoms with van der Waals surface area (Å²) in [6, 6.07) is 11.1. The first-order valence-electron chi connectivity index (χ1n) is 9.33. The van der Waals surface area contributed by atoms with Crippen LogP contribution in [-0.4, -0.2) is 55.2 Å². The summed E-state index contributed by atoms with van der Waals surface area (Å²) in [5.74, 6) is 0.844. The summed E-state index contributed by atoms with van der Waals surface area (Å²) in [7, 11) is 2.14. The molecule has 144 valence electrons. The van der Waals surface area contributed by atoms with Gasteiger partial charge < -0.3 is 25.6 Å². The second kappa shape index (κ2) is 9.78. The molecule has 0 radical (unpaired) electrons. The lowest BCUT2D eigenvalue weighted by Gasteiger charge is -2.29. The van der Waals surface area contributed by atoms with Crippen molar-refractivity contribution >= 4 is 17.4 Å². The number of anilines is 2. The Labute approximate surface area is 160 Å². The highest BCUT2D eigenvalue weighted by molar-refractivity contribution is 5.89. The predicted octanol–water partition coefficient (Wildman–Crippen LogP) is 2.79. The molecule has 0 spiro atoms. The van der Waals surface area contributed by atoms with Crippen LogP contribution in [0.25, 0.3) is 0 Å². The second-order valence-corrected chi connectivity index (χ2v) is 6.69. The van der Waals surface area contributed by atoms with E-state index >= 15 is 0 Å². The van der Waals surface area contributed by atoms with Gasteiger partial charge in [-0.1, -0.05) is 0 Å². The third kappa shape index (κ3) is 6.45. The molecule has 7 nitrogen and oxygen atoms in total. The van der Waals surface area contributed by atoms with Crippen LogP contribution in [0.2, 0.25) is 0 Å². The van der Waals surface area contributed by atoms with Gasteiger partial charge in [0.05, 0.1) is 5.69 Å². The maximum absolute atomic E-state index is 12.0. The van der Waals surface area contributed by atoms with Gasteiger partial charge in [-0.25, -0.2) is 4.79 Å². The van der Waals surface area contributed by atoms with Gasteiger partial charge in [0.1, 0.15) is 11.9 Å². The molecule has 0 bridgehead atoms. The van der Waals surface area contributed by atoms with Crippen LogP contribution >= 0.6 is 0 Å². The number of urea groups is 1. The van der Waals surface area contributed by atoms with E-state index in [-0.39, 0.29) is 12.1 Å². The summed E-state index contributed by atoms with van der Waals surface area (Å²) in [5.41, 5.74) is 1.67. The minimum atomic E-state index is -0.230. The van der Waals surface area contributed by atoms with Crippen molar-refractivity contribution in [2.45, 2.75) is 18.9 Å². The van der Waals surface area contributed by atoms with E-state index in [1.807, 2.05) is 36.4 Å². The fourth-order valence-corrected chi connectivity index (χ4v) is 2.94. The lowest BCUT2D eigenvalue weighted by Crippen LogP contribution is -2.35. The minimum absolute atomic E-state index is 0.230. The molecule has 1 aromatic heterocycles. The number of hydrogen-bond acceptors (Lipinski definition) is 5. The Balaban J connectivity index is 1.35.